The van der Waals surface area contributed by atoms with Crippen LogP contribution in [0.4, 0.5) is 0 Å². The first-order valence-corrected chi connectivity index (χ1v) is 24.8. The molecule has 6 aliphatic rings. The summed E-state index contributed by atoms with van der Waals surface area (Å²) in [6.07, 6.45) is 11.1. The topological polar surface area (TPSA) is 57.4 Å². The van der Waals surface area contributed by atoms with Crippen molar-refractivity contribution in [3.8, 4) is 44.5 Å². The number of H-pyrrole nitrogens is 2. The average molecular weight is 1000 g/mol. The summed E-state index contributed by atoms with van der Waals surface area (Å²) in [5.41, 5.74) is 18.7. The van der Waals surface area contributed by atoms with Gasteiger partial charge in [0.1, 0.15) is 0 Å². The fraction of sp³-hybridized carbons (Fsp3) is 0.214. The van der Waals surface area contributed by atoms with Crippen LogP contribution in [0.5, 0.6) is 0 Å². The van der Waals surface area contributed by atoms with Gasteiger partial charge in [-0.2, -0.15) is 0 Å². The fourth-order valence-corrected chi connectivity index (χ4v) is 10.8. The Hall–Kier alpha value is -3.48. The number of benzene rings is 4. The largest absolute Gasteiger partial charge is 2.00 e. The summed E-state index contributed by atoms with van der Waals surface area (Å²) < 4.78 is 0. The Labute approximate surface area is 503 Å². The summed E-state index contributed by atoms with van der Waals surface area (Å²) in [7, 11) is 59.0. The van der Waals surface area contributed by atoms with E-state index in [1.807, 2.05) is 29.1 Å². The number of nitrogens with zero attached hydrogens (tertiary/aromatic N) is 2. The van der Waals surface area contributed by atoms with Crippen molar-refractivity contribution < 1.29 is 70.9 Å². The number of hydrogen-bond donors (Lipinski definition) is 2. The van der Waals surface area contributed by atoms with Crippen LogP contribution in [0.2, 0.25) is 43.7 Å². The predicted octanol–water partition coefficient (Wildman–Crippen LogP) is 6.16. The van der Waals surface area contributed by atoms with Crippen molar-refractivity contribution >= 4 is 138 Å². The molecule has 74 heavy (non-hydrogen) atoms. The molecule has 0 saturated carbocycles. The van der Waals surface area contributed by atoms with E-state index >= 15 is 0 Å². The SMILES string of the molecule is [B]C1[B]C1([B])Cc1ccc(-c2c3nc(c(-c4ccc(CC5([B])[B]C5[B])cc4)c4ccc([nH]4)c(-c4ccc(CC5([B])[B]C5[B])cc4)c4ccc([nH]4)c(-c4ccc(CC5([B])[B]C5[B])cc4)c4nc2C=C4)C=C3)cc1.[K+].[Zn+2]. The van der Waals surface area contributed by atoms with Gasteiger partial charge in [0.25, 0.3) is 0 Å². The summed E-state index contributed by atoms with van der Waals surface area (Å²) >= 11 is 0. The summed E-state index contributed by atoms with van der Waals surface area (Å²) in [4.78, 5) is 18.8. The van der Waals surface area contributed by atoms with E-state index in [2.05, 4.69) is 156 Å². The van der Waals surface area contributed by atoms with E-state index < -0.39 is 20.9 Å². The summed E-state index contributed by atoms with van der Waals surface area (Å²) in [6, 6.07) is 43.0. The molecule has 4 aromatic carbocycles. The van der Waals surface area contributed by atoms with Crippen LogP contribution in [0.15, 0.2) is 121 Å². The Balaban J connectivity index is 0.00000294. The van der Waals surface area contributed by atoms with Crippen molar-refractivity contribution in [2.24, 2.45) is 0 Å². The van der Waals surface area contributed by atoms with Crippen molar-refractivity contribution in [1.29, 1.82) is 0 Å². The minimum absolute atomic E-state index is 0. The van der Waals surface area contributed by atoms with Gasteiger partial charge in [0, 0.05) is 44.3 Å². The number of nitrogens with one attached hydrogen (secondary N) is 2. The van der Waals surface area contributed by atoms with E-state index in [0.29, 0.717) is 25.7 Å². The van der Waals surface area contributed by atoms with Gasteiger partial charge in [-0.05, 0) is 119 Å². The maximum absolute atomic E-state index is 6.56. The van der Waals surface area contributed by atoms with Crippen LogP contribution in [-0.2, 0) is 45.2 Å². The molecular formula is C56H38B12KN4Zn+3. The predicted molar refractivity (Wildman–Crippen MR) is 310 cm³/mol. The zero-order valence-electron chi connectivity index (χ0n) is 41.5. The number of aromatic amines is 2. The van der Waals surface area contributed by atoms with Gasteiger partial charge in [-0.25, -0.2) is 9.97 Å². The Bertz CT molecular complexity index is 3420. The van der Waals surface area contributed by atoms with Gasteiger partial charge in [0.2, 0.25) is 0 Å². The van der Waals surface area contributed by atoms with E-state index in [0.717, 1.165) is 112 Å². The van der Waals surface area contributed by atoms with Crippen LogP contribution in [0.1, 0.15) is 45.0 Å². The Morgan fingerprint density at radius 2 is 0.568 bits per heavy atom. The van der Waals surface area contributed by atoms with Gasteiger partial charge >= 0.3 is 70.9 Å². The maximum atomic E-state index is 6.56. The molecule has 4 saturated heterocycles. The van der Waals surface area contributed by atoms with Gasteiger partial charge < -0.3 is 9.97 Å². The molecule has 4 nitrogen and oxygen atoms in total. The molecule has 0 spiro atoms. The van der Waals surface area contributed by atoms with E-state index in [4.69, 9.17) is 72.7 Å². The maximum Gasteiger partial charge on any atom is 2.00 e. The molecule has 13 rings (SSSR count). The molecule has 8 atom stereocenters. The van der Waals surface area contributed by atoms with Crippen molar-refractivity contribution in [3.05, 3.63) is 166 Å². The van der Waals surface area contributed by atoms with Crippen molar-refractivity contribution in [2.45, 2.75) is 69.4 Å². The second-order valence-corrected chi connectivity index (χ2v) is 21.2. The standard InChI is InChI=1S/C56H38B12N4.K.Zn/c57-49-53(61,65-49)25-29-1-9-33(10-2-29)45-37-17-19-39(69-37)46(34-11-3-30(4-12-34)26-54(62)50(58)66-54)41-21-23-43(71-41)48(36-15-7-32(8-16-36)28-56(64)52(60)68-56)44-24-22-42(72-44)47(40-20-18-38(45)70-40)35-13-5-31(6-14-35)27-55(63)51(59)67-55;;/h1-24,49-52,69-70H,25-28H2;;/q;+1;+2. The Kier molecular flexibility index (Phi) is 14.0. The molecular weight excluding hydrogens is 963 g/mol. The molecule has 2 N–H and O–H groups in total. The molecule has 0 aliphatic carbocycles. The van der Waals surface area contributed by atoms with E-state index in [1.165, 1.54) is 0 Å². The van der Waals surface area contributed by atoms with Gasteiger partial charge in [-0.1, -0.05) is 118 Å². The first-order chi connectivity index (χ1) is 34.6. The molecule has 4 fully saturated rings. The van der Waals surface area contributed by atoms with Crippen LogP contribution in [-0.4, -0.2) is 112 Å². The first kappa shape index (κ1) is 52.6. The van der Waals surface area contributed by atoms with Crippen LogP contribution in [0, 0.1) is 0 Å². The van der Waals surface area contributed by atoms with Gasteiger partial charge in [0.15, 0.2) is 0 Å². The Morgan fingerprint density at radius 1 is 0.351 bits per heavy atom. The van der Waals surface area contributed by atoms with Crippen molar-refractivity contribution in [2.75, 3.05) is 0 Å². The van der Waals surface area contributed by atoms with E-state index in [-0.39, 0.29) is 93.7 Å². The molecule has 18 heteroatoms. The minimum atomic E-state index is -0.490. The van der Waals surface area contributed by atoms with Gasteiger partial charge in [-0.3, -0.25) is 0 Å². The van der Waals surface area contributed by atoms with Gasteiger partial charge in [-0.15, -0.1) is 22.9 Å². The zero-order chi connectivity index (χ0) is 49.3. The second kappa shape index (κ2) is 19.8. The number of rotatable bonds is 12. The molecule has 3 aromatic heterocycles. The number of aromatic nitrogens is 4. The summed E-state index contributed by atoms with van der Waals surface area (Å²) in [5.74, 6) is 0. The average Bonchev–Trinajstić information content (AvgIpc) is 4.06. The molecule has 7 aromatic rings. The van der Waals surface area contributed by atoms with E-state index in [1.54, 1.807) is 0 Å². The quantitative estimate of drug-likeness (QED) is 0.144. The monoisotopic (exact) mass is 1000 g/mol. The zero-order valence-corrected chi connectivity index (χ0v) is 47.6. The van der Waals surface area contributed by atoms with Crippen LogP contribution >= 0.6 is 0 Å². The number of hydrogen-bond acceptors (Lipinski definition) is 2. The first-order valence-electron chi connectivity index (χ1n) is 24.8. The summed E-state index contributed by atoms with van der Waals surface area (Å²) in [6.45, 7) is 0. The fourth-order valence-electron chi connectivity index (χ4n) is 10.8. The second-order valence-electron chi connectivity index (χ2n) is 21.2. The normalized spacial score (nSPS) is 26.3. The van der Waals surface area contributed by atoms with Gasteiger partial charge in [0.05, 0.1) is 115 Å². The molecule has 6 aliphatic heterocycles. The summed E-state index contributed by atoms with van der Waals surface area (Å²) in [5, 5.41) is -1.95. The molecule has 8 bridgehead atoms. The van der Waals surface area contributed by atoms with Crippen LogP contribution in [0.3, 0.4) is 0 Å². The molecule has 9 heterocycles. The molecule has 8 unspecified atom stereocenters. The van der Waals surface area contributed by atoms with Crippen LogP contribution < -0.4 is 51.4 Å². The minimum Gasteiger partial charge on any atom is -0.354 e. The Morgan fingerprint density at radius 3 is 0.824 bits per heavy atom. The smallest absolute Gasteiger partial charge is 0.354 e. The van der Waals surface area contributed by atoms with E-state index in [9.17, 15) is 0 Å². The van der Waals surface area contributed by atoms with Crippen molar-refractivity contribution in [1.82, 2.24) is 19.9 Å². The third-order valence-corrected chi connectivity index (χ3v) is 15.8. The molecule has 20 radical (unpaired) electrons. The molecule has 0 amide bonds. The van der Waals surface area contributed by atoms with Crippen molar-refractivity contribution in [3.63, 3.8) is 0 Å². The third kappa shape index (κ3) is 10.0. The number of fused-ring (bicyclic) bond motifs is 8. The molecule has 318 valence electrons. The third-order valence-electron chi connectivity index (χ3n) is 15.8. The van der Waals surface area contributed by atoms with Crippen LogP contribution in [0.25, 0.3) is 90.9 Å².